The Morgan fingerprint density at radius 2 is 2.32 bits per heavy atom. The molecule has 1 amide bonds. The normalized spacial score (nSPS) is 18.4. The predicted molar refractivity (Wildman–Crippen MR) is 87.9 cm³/mol. The van der Waals surface area contributed by atoms with Crippen molar-refractivity contribution in [2.24, 2.45) is 0 Å². The fourth-order valence-electron chi connectivity index (χ4n) is 2.59. The molecule has 3 heterocycles. The minimum atomic E-state index is 0.139. The van der Waals surface area contributed by atoms with Crippen molar-refractivity contribution in [3.8, 4) is 0 Å². The molecule has 0 N–H and O–H groups in total. The van der Waals surface area contributed by atoms with Crippen molar-refractivity contribution in [3.05, 3.63) is 34.5 Å². The topological polar surface area (TPSA) is 59.0 Å². The van der Waals surface area contributed by atoms with E-state index < -0.39 is 0 Å². The number of aryl methyl sites for hydroxylation is 1. The summed E-state index contributed by atoms with van der Waals surface area (Å²) in [5.74, 6) is 0.528. The molecule has 0 aromatic carbocycles. The van der Waals surface area contributed by atoms with Gasteiger partial charge in [0.2, 0.25) is 5.91 Å². The van der Waals surface area contributed by atoms with Crippen molar-refractivity contribution in [2.45, 2.75) is 37.4 Å². The summed E-state index contributed by atoms with van der Waals surface area (Å²) in [4.78, 5) is 27.5. The van der Waals surface area contributed by atoms with Crippen LogP contribution in [0.25, 0.3) is 0 Å². The van der Waals surface area contributed by atoms with Gasteiger partial charge in [0.15, 0.2) is 5.16 Å². The monoisotopic (exact) mass is 334 g/mol. The molecule has 0 bridgehead atoms. The van der Waals surface area contributed by atoms with Crippen LogP contribution in [0.2, 0.25) is 0 Å². The Kier molecular flexibility index (Phi) is 5.04. The lowest BCUT2D eigenvalue weighted by molar-refractivity contribution is -0.132. The molecule has 7 heteroatoms. The molecular formula is C15H18N4OS2. The standard InChI is InChI=1S/C15H18N4OS2/c1-11-5-6-17-15(18-11)22-10-13(20)19-8-3-2-4-12(19)14-16-7-9-21-14/h5-7,9,12H,2-4,8,10H2,1H3/t12-/m1/s1. The molecular weight excluding hydrogens is 316 g/mol. The Labute approximate surface area is 138 Å². The summed E-state index contributed by atoms with van der Waals surface area (Å²) >= 11 is 3.04. The Balaban J connectivity index is 1.65. The van der Waals surface area contributed by atoms with E-state index in [9.17, 15) is 4.79 Å². The lowest BCUT2D eigenvalue weighted by Crippen LogP contribution is -2.39. The van der Waals surface area contributed by atoms with Gasteiger partial charge >= 0.3 is 0 Å². The average Bonchev–Trinajstić information content (AvgIpc) is 3.07. The van der Waals surface area contributed by atoms with Crippen LogP contribution in [0.3, 0.4) is 0 Å². The van der Waals surface area contributed by atoms with E-state index in [4.69, 9.17) is 0 Å². The molecule has 2 aromatic heterocycles. The molecule has 1 atom stereocenters. The van der Waals surface area contributed by atoms with Gasteiger partial charge < -0.3 is 4.90 Å². The molecule has 1 aliphatic rings. The van der Waals surface area contributed by atoms with Crippen molar-refractivity contribution in [2.75, 3.05) is 12.3 Å². The summed E-state index contributed by atoms with van der Waals surface area (Å²) < 4.78 is 0. The van der Waals surface area contributed by atoms with E-state index in [2.05, 4.69) is 15.0 Å². The smallest absolute Gasteiger partial charge is 0.233 e. The lowest BCUT2D eigenvalue weighted by Gasteiger charge is -2.34. The van der Waals surface area contributed by atoms with Crippen LogP contribution in [0.1, 0.15) is 36.0 Å². The summed E-state index contributed by atoms with van der Waals surface area (Å²) in [6.45, 7) is 2.75. The molecule has 0 unspecified atom stereocenters. The number of hydrogen-bond donors (Lipinski definition) is 0. The summed E-state index contributed by atoms with van der Waals surface area (Å²) in [6, 6.07) is 2.00. The number of carbonyl (C=O) groups excluding carboxylic acids is 1. The quantitative estimate of drug-likeness (QED) is 0.635. The van der Waals surface area contributed by atoms with Crippen LogP contribution in [0.4, 0.5) is 0 Å². The zero-order valence-corrected chi connectivity index (χ0v) is 14.1. The van der Waals surface area contributed by atoms with Gasteiger partial charge in [0.25, 0.3) is 0 Å². The predicted octanol–water partition coefficient (Wildman–Crippen LogP) is 3.09. The molecule has 5 nitrogen and oxygen atoms in total. The van der Waals surface area contributed by atoms with E-state index in [1.807, 2.05) is 29.5 Å². The van der Waals surface area contributed by atoms with Gasteiger partial charge in [-0.05, 0) is 32.3 Å². The lowest BCUT2D eigenvalue weighted by atomic mass is 10.0. The second-order valence-electron chi connectivity index (χ2n) is 5.24. The van der Waals surface area contributed by atoms with Crippen LogP contribution in [0, 0.1) is 6.92 Å². The number of thiazole rings is 1. The van der Waals surface area contributed by atoms with Crippen LogP contribution in [0.5, 0.6) is 0 Å². The van der Waals surface area contributed by atoms with Crippen LogP contribution >= 0.6 is 23.1 Å². The third-order valence-corrected chi connectivity index (χ3v) is 5.38. The first-order valence-corrected chi connectivity index (χ1v) is 9.22. The highest BCUT2D eigenvalue weighted by Gasteiger charge is 2.29. The van der Waals surface area contributed by atoms with Crippen molar-refractivity contribution < 1.29 is 4.79 Å². The summed E-state index contributed by atoms with van der Waals surface area (Å²) in [5, 5.41) is 3.68. The maximum atomic E-state index is 12.6. The molecule has 0 saturated carbocycles. The van der Waals surface area contributed by atoms with Crippen molar-refractivity contribution in [1.82, 2.24) is 19.9 Å². The highest BCUT2D eigenvalue weighted by molar-refractivity contribution is 7.99. The van der Waals surface area contributed by atoms with Gasteiger partial charge in [0.05, 0.1) is 11.8 Å². The van der Waals surface area contributed by atoms with E-state index in [0.717, 1.165) is 36.5 Å². The number of amides is 1. The maximum absolute atomic E-state index is 12.6. The molecule has 0 radical (unpaired) electrons. The van der Waals surface area contributed by atoms with Crippen LogP contribution in [-0.2, 0) is 4.79 Å². The summed E-state index contributed by atoms with van der Waals surface area (Å²) in [6.07, 6.45) is 6.77. The SMILES string of the molecule is Cc1ccnc(SCC(=O)N2CCCC[C@@H]2c2nccs2)n1. The van der Waals surface area contributed by atoms with E-state index in [1.54, 1.807) is 17.5 Å². The molecule has 1 fully saturated rings. The van der Waals surface area contributed by atoms with Gasteiger partial charge in [-0.1, -0.05) is 11.8 Å². The Morgan fingerprint density at radius 1 is 1.41 bits per heavy atom. The molecule has 1 saturated heterocycles. The number of carbonyl (C=O) groups is 1. The second kappa shape index (κ2) is 7.19. The zero-order chi connectivity index (χ0) is 15.4. The van der Waals surface area contributed by atoms with E-state index in [-0.39, 0.29) is 11.9 Å². The van der Waals surface area contributed by atoms with E-state index in [1.165, 1.54) is 11.8 Å². The average molecular weight is 334 g/mol. The number of piperidine rings is 1. The van der Waals surface area contributed by atoms with Crippen molar-refractivity contribution >= 4 is 29.0 Å². The molecule has 0 aliphatic carbocycles. The van der Waals surface area contributed by atoms with Crippen molar-refractivity contribution in [3.63, 3.8) is 0 Å². The molecule has 1 aliphatic heterocycles. The largest absolute Gasteiger partial charge is 0.332 e. The number of likely N-dealkylation sites (tertiary alicyclic amines) is 1. The minimum Gasteiger partial charge on any atom is -0.332 e. The fraction of sp³-hybridized carbons (Fsp3) is 0.467. The number of aromatic nitrogens is 3. The number of thioether (sulfide) groups is 1. The number of rotatable bonds is 4. The molecule has 116 valence electrons. The van der Waals surface area contributed by atoms with Crippen molar-refractivity contribution in [1.29, 1.82) is 0 Å². The van der Waals surface area contributed by atoms with E-state index >= 15 is 0 Å². The number of nitrogens with zero attached hydrogens (tertiary/aromatic N) is 4. The van der Waals surface area contributed by atoms with Gasteiger partial charge in [-0.15, -0.1) is 11.3 Å². The first-order chi connectivity index (χ1) is 10.7. The van der Waals surface area contributed by atoms with Gasteiger partial charge in [0, 0.05) is 30.0 Å². The van der Waals surface area contributed by atoms with E-state index in [0.29, 0.717) is 10.9 Å². The Bertz CT molecular complexity index is 632. The van der Waals surface area contributed by atoms with Crippen LogP contribution in [0.15, 0.2) is 29.0 Å². The molecule has 22 heavy (non-hydrogen) atoms. The second-order valence-corrected chi connectivity index (χ2v) is 7.11. The Morgan fingerprint density at radius 3 is 3.09 bits per heavy atom. The number of hydrogen-bond acceptors (Lipinski definition) is 6. The zero-order valence-electron chi connectivity index (χ0n) is 12.4. The first-order valence-electron chi connectivity index (χ1n) is 7.35. The third-order valence-electron chi connectivity index (χ3n) is 3.66. The maximum Gasteiger partial charge on any atom is 0.233 e. The fourth-order valence-corrected chi connectivity index (χ4v) is 4.14. The molecule has 0 spiro atoms. The van der Waals surface area contributed by atoms with Gasteiger partial charge in [-0.2, -0.15) is 0 Å². The first kappa shape index (κ1) is 15.4. The van der Waals surface area contributed by atoms with Gasteiger partial charge in [-0.25, -0.2) is 15.0 Å². The van der Waals surface area contributed by atoms with Gasteiger partial charge in [-0.3, -0.25) is 4.79 Å². The molecule has 3 rings (SSSR count). The summed E-state index contributed by atoms with van der Waals surface area (Å²) in [7, 11) is 0. The highest BCUT2D eigenvalue weighted by Crippen LogP contribution is 2.32. The van der Waals surface area contributed by atoms with Gasteiger partial charge in [0.1, 0.15) is 5.01 Å². The minimum absolute atomic E-state index is 0.139. The van der Waals surface area contributed by atoms with Crippen LogP contribution < -0.4 is 0 Å². The molecule has 2 aromatic rings. The van der Waals surface area contributed by atoms with Crippen LogP contribution in [-0.4, -0.2) is 38.1 Å². The third kappa shape index (κ3) is 3.64. The Hall–Kier alpha value is -1.47. The summed E-state index contributed by atoms with van der Waals surface area (Å²) in [5.41, 5.74) is 0.920. The highest BCUT2D eigenvalue weighted by atomic mass is 32.2.